The summed E-state index contributed by atoms with van der Waals surface area (Å²) in [6.45, 7) is 8.94. The van der Waals surface area contributed by atoms with Crippen LogP contribution in [0.1, 0.15) is 69.9 Å². The molecule has 3 heterocycles. The van der Waals surface area contributed by atoms with Gasteiger partial charge in [-0.05, 0) is 69.9 Å². The van der Waals surface area contributed by atoms with Crippen molar-refractivity contribution in [3.05, 3.63) is 29.3 Å². The first-order chi connectivity index (χ1) is 17.3. The Bertz CT molecular complexity index is 993. The van der Waals surface area contributed by atoms with Crippen LogP contribution in [0.25, 0.3) is 0 Å². The lowest BCUT2D eigenvalue weighted by molar-refractivity contribution is -0.146. The van der Waals surface area contributed by atoms with Crippen LogP contribution >= 0.6 is 0 Å². The zero-order chi connectivity index (χ0) is 26.1. The number of hydrogen-bond acceptors (Lipinski definition) is 5. The predicted octanol–water partition coefficient (Wildman–Crippen LogP) is 3.09. The van der Waals surface area contributed by atoms with Crippen LogP contribution in [0.4, 0.5) is 5.69 Å². The molecule has 3 amide bonds. The van der Waals surface area contributed by atoms with E-state index in [9.17, 15) is 19.5 Å². The fraction of sp³-hybridized carbons (Fsp3) is 0.679. The second-order valence-corrected chi connectivity index (χ2v) is 10.7. The highest BCUT2D eigenvalue weighted by Gasteiger charge is 2.78. The van der Waals surface area contributed by atoms with Gasteiger partial charge in [0.2, 0.25) is 17.7 Å². The van der Waals surface area contributed by atoms with Gasteiger partial charge in [0.15, 0.2) is 0 Å². The lowest BCUT2D eigenvalue weighted by Gasteiger charge is -2.34. The zero-order valence-electron chi connectivity index (χ0n) is 22.1. The monoisotopic (exact) mass is 499 g/mol. The van der Waals surface area contributed by atoms with Gasteiger partial charge in [0, 0.05) is 25.4 Å². The number of fused-ring (bicyclic) bond motifs is 1. The summed E-state index contributed by atoms with van der Waals surface area (Å²) in [5.41, 5.74) is 0.923. The second kappa shape index (κ2) is 10.5. The molecule has 3 saturated heterocycles. The van der Waals surface area contributed by atoms with Crippen LogP contribution in [0.5, 0.6) is 0 Å². The maximum atomic E-state index is 14.0. The summed E-state index contributed by atoms with van der Waals surface area (Å²) in [6.07, 6.45) is 4.73. The van der Waals surface area contributed by atoms with Gasteiger partial charge in [-0.25, -0.2) is 0 Å². The fourth-order valence-electron chi connectivity index (χ4n) is 6.79. The molecule has 0 aliphatic carbocycles. The molecule has 3 N–H and O–H groups in total. The molecule has 1 aromatic carbocycles. The number of likely N-dealkylation sites (tertiary alicyclic amines) is 1. The zero-order valence-corrected chi connectivity index (χ0v) is 22.1. The third-order valence-electron chi connectivity index (χ3n) is 8.55. The van der Waals surface area contributed by atoms with E-state index in [0.29, 0.717) is 45.2 Å². The number of aliphatic hydroxyl groups is 1. The van der Waals surface area contributed by atoms with Crippen molar-refractivity contribution in [2.75, 3.05) is 25.0 Å². The summed E-state index contributed by atoms with van der Waals surface area (Å²) in [5, 5.41) is 15.3. The van der Waals surface area contributed by atoms with Gasteiger partial charge in [-0.15, -0.1) is 0 Å². The summed E-state index contributed by atoms with van der Waals surface area (Å²) in [7, 11) is 0. The standard InChI is InChI=1S/C28H41N3O5/c1-5-15-29-24(33)20-21-26(35)31(16-8-7-9-17-32)23(28(21)14-13-27(20,6-2)36-28)25(34)30-22-18(3)11-10-12-19(22)4/h10-12,20-21,23,32H,5-9,13-17H2,1-4H3,(H,29,33)(H,30,34)/t20-,21-,23?,27+,28?/m0/s1. The summed E-state index contributed by atoms with van der Waals surface area (Å²) < 4.78 is 6.77. The van der Waals surface area contributed by atoms with Crippen molar-refractivity contribution < 1.29 is 24.2 Å². The Kier molecular flexibility index (Phi) is 7.76. The number of nitrogens with one attached hydrogen (secondary N) is 2. The van der Waals surface area contributed by atoms with E-state index >= 15 is 0 Å². The molecular weight excluding hydrogens is 458 g/mol. The number of amides is 3. The van der Waals surface area contributed by atoms with Gasteiger partial charge in [-0.1, -0.05) is 32.0 Å². The van der Waals surface area contributed by atoms with Crippen molar-refractivity contribution >= 4 is 23.4 Å². The van der Waals surface area contributed by atoms with Crippen LogP contribution in [0.2, 0.25) is 0 Å². The van der Waals surface area contributed by atoms with Crippen molar-refractivity contribution in [2.24, 2.45) is 11.8 Å². The fourth-order valence-corrected chi connectivity index (χ4v) is 6.79. The van der Waals surface area contributed by atoms with Gasteiger partial charge in [-0.2, -0.15) is 0 Å². The Hall–Kier alpha value is -2.45. The number of aliphatic hydroxyl groups excluding tert-OH is 1. The molecule has 3 aliphatic heterocycles. The molecule has 4 rings (SSSR count). The third kappa shape index (κ3) is 4.22. The van der Waals surface area contributed by atoms with Gasteiger partial charge in [0.1, 0.15) is 11.6 Å². The highest BCUT2D eigenvalue weighted by Crippen LogP contribution is 2.64. The molecule has 2 unspecified atom stereocenters. The number of ether oxygens (including phenoxy) is 1. The Labute approximate surface area is 214 Å². The van der Waals surface area contributed by atoms with Crippen molar-refractivity contribution in [1.29, 1.82) is 0 Å². The molecule has 1 aromatic rings. The van der Waals surface area contributed by atoms with E-state index in [-0.39, 0.29) is 24.3 Å². The first-order valence-electron chi connectivity index (χ1n) is 13.5. The van der Waals surface area contributed by atoms with Crippen LogP contribution in [-0.4, -0.2) is 64.7 Å². The molecular formula is C28H41N3O5. The van der Waals surface area contributed by atoms with Crippen molar-refractivity contribution in [1.82, 2.24) is 10.2 Å². The molecule has 0 radical (unpaired) electrons. The molecule has 5 atom stereocenters. The molecule has 1 spiro atoms. The van der Waals surface area contributed by atoms with Gasteiger partial charge in [0.05, 0.1) is 17.4 Å². The molecule has 8 nitrogen and oxygen atoms in total. The molecule has 3 aliphatic rings. The number of para-hydroxylation sites is 1. The number of carbonyl (C=O) groups is 3. The lowest BCUT2D eigenvalue weighted by Crippen LogP contribution is -2.53. The van der Waals surface area contributed by atoms with E-state index < -0.39 is 29.1 Å². The third-order valence-corrected chi connectivity index (χ3v) is 8.55. The van der Waals surface area contributed by atoms with E-state index in [2.05, 4.69) is 10.6 Å². The average molecular weight is 500 g/mol. The smallest absolute Gasteiger partial charge is 0.250 e. The minimum absolute atomic E-state index is 0.0960. The molecule has 0 saturated carbocycles. The maximum Gasteiger partial charge on any atom is 0.250 e. The lowest BCUT2D eigenvalue weighted by atomic mass is 9.65. The van der Waals surface area contributed by atoms with Gasteiger partial charge in [0.25, 0.3) is 0 Å². The average Bonchev–Trinajstić information content (AvgIpc) is 3.46. The van der Waals surface area contributed by atoms with Crippen LogP contribution in [0.3, 0.4) is 0 Å². The van der Waals surface area contributed by atoms with Crippen molar-refractivity contribution in [3.8, 4) is 0 Å². The summed E-state index contributed by atoms with van der Waals surface area (Å²) >= 11 is 0. The number of anilines is 1. The molecule has 8 heteroatoms. The van der Waals surface area contributed by atoms with Gasteiger partial charge < -0.3 is 25.4 Å². The Balaban J connectivity index is 1.71. The van der Waals surface area contributed by atoms with E-state index in [4.69, 9.17) is 4.74 Å². The van der Waals surface area contributed by atoms with E-state index in [1.807, 2.05) is 45.9 Å². The Morgan fingerprint density at radius 1 is 1.11 bits per heavy atom. The van der Waals surface area contributed by atoms with Crippen LogP contribution in [-0.2, 0) is 19.1 Å². The van der Waals surface area contributed by atoms with Crippen molar-refractivity contribution in [2.45, 2.75) is 89.9 Å². The number of benzene rings is 1. The predicted molar refractivity (Wildman–Crippen MR) is 137 cm³/mol. The largest absolute Gasteiger partial charge is 0.396 e. The number of aryl methyl sites for hydroxylation is 2. The summed E-state index contributed by atoms with van der Waals surface area (Å²) in [5.74, 6) is -1.84. The molecule has 3 fully saturated rings. The van der Waals surface area contributed by atoms with E-state index in [1.54, 1.807) is 4.90 Å². The van der Waals surface area contributed by atoms with Gasteiger partial charge >= 0.3 is 0 Å². The van der Waals surface area contributed by atoms with Crippen LogP contribution in [0.15, 0.2) is 18.2 Å². The topological polar surface area (TPSA) is 108 Å². The minimum atomic E-state index is -1.01. The summed E-state index contributed by atoms with van der Waals surface area (Å²) in [6, 6.07) is 5.05. The van der Waals surface area contributed by atoms with Crippen LogP contribution < -0.4 is 10.6 Å². The highest BCUT2D eigenvalue weighted by molar-refractivity contribution is 6.04. The van der Waals surface area contributed by atoms with Gasteiger partial charge in [-0.3, -0.25) is 14.4 Å². The molecule has 0 aromatic heterocycles. The van der Waals surface area contributed by atoms with E-state index in [0.717, 1.165) is 29.7 Å². The number of unbranched alkanes of at least 4 members (excludes halogenated alkanes) is 2. The summed E-state index contributed by atoms with van der Waals surface area (Å²) in [4.78, 5) is 43.1. The number of rotatable bonds is 11. The Morgan fingerprint density at radius 3 is 2.47 bits per heavy atom. The SMILES string of the molecule is CCCNC(=O)[C@@H]1[C@H]2C(=O)N(CCCCCO)C(C(=O)Nc3c(C)cccc3C)C23CC[C@@]1(CC)O3. The van der Waals surface area contributed by atoms with Crippen LogP contribution in [0, 0.1) is 25.7 Å². The maximum absolute atomic E-state index is 14.0. The number of hydrogen-bond donors (Lipinski definition) is 3. The molecule has 2 bridgehead atoms. The highest BCUT2D eigenvalue weighted by atomic mass is 16.5. The normalized spacial score (nSPS) is 30.5. The number of carbonyl (C=O) groups excluding carboxylic acids is 3. The second-order valence-electron chi connectivity index (χ2n) is 10.7. The minimum Gasteiger partial charge on any atom is -0.396 e. The van der Waals surface area contributed by atoms with Crippen molar-refractivity contribution in [3.63, 3.8) is 0 Å². The quantitative estimate of drug-likeness (QED) is 0.406. The number of nitrogens with zero attached hydrogens (tertiary/aromatic N) is 1. The molecule has 198 valence electrons. The Morgan fingerprint density at radius 2 is 1.83 bits per heavy atom. The first-order valence-corrected chi connectivity index (χ1v) is 13.5. The van der Waals surface area contributed by atoms with E-state index in [1.165, 1.54) is 0 Å². The first kappa shape index (κ1) is 26.6. The molecule has 36 heavy (non-hydrogen) atoms.